The summed E-state index contributed by atoms with van der Waals surface area (Å²) in [5.41, 5.74) is 4.65. The number of aliphatic carboxylic acids is 2. The molecule has 0 radical (unpaired) electrons. The maximum Gasteiger partial charge on any atom is 0.328 e. The molecule has 2 N–H and O–H groups in total. The molecule has 0 unspecified atom stereocenters. The van der Waals surface area contributed by atoms with E-state index in [0.717, 1.165) is 62.9 Å². The minimum absolute atomic E-state index is 0.101. The van der Waals surface area contributed by atoms with Crippen LogP contribution in [0.4, 0.5) is 0 Å². The number of carbonyl (C=O) groups excluding carboxylic acids is 2. The lowest BCUT2D eigenvalue weighted by atomic mass is 9.83. The first-order valence-corrected chi connectivity index (χ1v) is 12.3. The van der Waals surface area contributed by atoms with Crippen LogP contribution in [0.25, 0.3) is 10.8 Å². The lowest BCUT2D eigenvalue weighted by Gasteiger charge is -2.20. The van der Waals surface area contributed by atoms with E-state index in [-0.39, 0.29) is 30.3 Å². The van der Waals surface area contributed by atoms with Crippen molar-refractivity contribution in [3.63, 3.8) is 0 Å². The SMILES string of the molecule is O=C(O)/C=C/C(=O)Cc1ccc(C(c2ccc(CC(=O)/C=C/C(=O)O)cc2)c2ccc3ccccc3c2)cc1. The van der Waals surface area contributed by atoms with Gasteiger partial charge in [0, 0.05) is 30.9 Å². The Balaban J connectivity index is 1.65. The molecule has 194 valence electrons. The maximum atomic E-state index is 12.1. The molecular weight excluding hydrogens is 492 g/mol. The molecule has 0 heterocycles. The Bertz CT molecular complexity index is 1500. The summed E-state index contributed by atoms with van der Waals surface area (Å²) >= 11 is 0. The maximum absolute atomic E-state index is 12.1. The summed E-state index contributed by atoms with van der Waals surface area (Å²) in [5.74, 6) is -3.03. The minimum atomic E-state index is -1.16. The van der Waals surface area contributed by atoms with Gasteiger partial charge in [0.15, 0.2) is 11.6 Å². The van der Waals surface area contributed by atoms with Gasteiger partial charge >= 0.3 is 11.9 Å². The summed E-state index contributed by atoms with van der Waals surface area (Å²) < 4.78 is 0. The Hall–Kier alpha value is -5.10. The second-order valence-electron chi connectivity index (χ2n) is 9.15. The van der Waals surface area contributed by atoms with Crippen LogP contribution in [0.5, 0.6) is 0 Å². The second-order valence-corrected chi connectivity index (χ2v) is 9.15. The predicted octanol–water partition coefficient (Wildman–Crippen LogP) is 5.52. The number of carboxylic acids is 2. The van der Waals surface area contributed by atoms with Crippen LogP contribution >= 0.6 is 0 Å². The molecule has 6 heteroatoms. The molecule has 0 amide bonds. The zero-order chi connectivity index (χ0) is 27.8. The molecule has 6 nitrogen and oxygen atoms in total. The van der Waals surface area contributed by atoms with Crippen molar-refractivity contribution in [1.29, 1.82) is 0 Å². The summed E-state index contributed by atoms with van der Waals surface area (Å²) in [7, 11) is 0. The molecule has 0 aliphatic rings. The third kappa shape index (κ3) is 7.46. The van der Waals surface area contributed by atoms with E-state index in [2.05, 4.69) is 30.3 Å². The fraction of sp³-hybridized carbons (Fsp3) is 0.0909. The molecule has 0 atom stereocenters. The third-order valence-electron chi connectivity index (χ3n) is 6.31. The number of carbonyl (C=O) groups is 4. The predicted molar refractivity (Wildman–Crippen MR) is 149 cm³/mol. The first kappa shape index (κ1) is 26.9. The van der Waals surface area contributed by atoms with Crippen LogP contribution < -0.4 is 0 Å². The molecule has 0 aliphatic carbocycles. The van der Waals surface area contributed by atoms with Gasteiger partial charge in [-0.3, -0.25) is 9.59 Å². The zero-order valence-corrected chi connectivity index (χ0v) is 21.0. The Kier molecular flexibility index (Phi) is 8.59. The van der Waals surface area contributed by atoms with Crippen molar-refractivity contribution in [2.45, 2.75) is 18.8 Å². The molecule has 0 spiro atoms. The third-order valence-corrected chi connectivity index (χ3v) is 6.31. The van der Waals surface area contributed by atoms with Crippen LogP contribution in [0, 0.1) is 0 Å². The number of fused-ring (bicyclic) bond motifs is 1. The lowest BCUT2D eigenvalue weighted by Crippen LogP contribution is -2.06. The van der Waals surface area contributed by atoms with Crippen molar-refractivity contribution in [3.8, 4) is 0 Å². The van der Waals surface area contributed by atoms with Crippen molar-refractivity contribution >= 4 is 34.3 Å². The van der Waals surface area contributed by atoms with Gasteiger partial charge in [0.2, 0.25) is 0 Å². The van der Waals surface area contributed by atoms with Gasteiger partial charge in [0.1, 0.15) is 0 Å². The summed E-state index contributed by atoms with van der Waals surface area (Å²) in [4.78, 5) is 45.5. The van der Waals surface area contributed by atoms with Crippen LogP contribution in [0.1, 0.15) is 33.7 Å². The average Bonchev–Trinajstić information content (AvgIpc) is 2.93. The van der Waals surface area contributed by atoms with Gasteiger partial charge < -0.3 is 10.2 Å². The summed E-state index contributed by atoms with van der Waals surface area (Å²) in [6, 6.07) is 29.8. The highest BCUT2D eigenvalue weighted by atomic mass is 16.4. The van der Waals surface area contributed by atoms with E-state index in [9.17, 15) is 19.2 Å². The summed E-state index contributed by atoms with van der Waals surface area (Å²) in [5, 5.41) is 19.7. The molecule has 4 aromatic rings. The van der Waals surface area contributed by atoms with E-state index < -0.39 is 11.9 Å². The largest absolute Gasteiger partial charge is 0.478 e. The molecular formula is C33H26O6. The summed E-state index contributed by atoms with van der Waals surface area (Å²) in [6.45, 7) is 0. The minimum Gasteiger partial charge on any atom is -0.478 e. The first-order valence-electron chi connectivity index (χ1n) is 12.3. The standard InChI is InChI=1S/C33H26O6/c34-29(15-17-31(36)37)19-22-5-9-25(10-6-22)33(28-14-13-24-3-1-2-4-27(24)21-28)26-11-7-23(8-12-26)20-30(35)16-18-32(38)39/h1-18,21,33H,19-20H2,(H,36,37)(H,38,39)/b17-15+,18-16+. The van der Waals surface area contributed by atoms with Gasteiger partial charge in [0.25, 0.3) is 0 Å². The van der Waals surface area contributed by atoms with Crippen molar-refractivity contribution in [2.75, 3.05) is 0 Å². The fourth-order valence-corrected chi connectivity index (χ4v) is 4.47. The van der Waals surface area contributed by atoms with Crippen molar-refractivity contribution in [2.24, 2.45) is 0 Å². The van der Waals surface area contributed by atoms with E-state index in [1.165, 1.54) is 0 Å². The van der Waals surface area contributed by atoms with Gasteiger partial charge in [-0.25, -0.2) is 9.59 Å². The van der Waals surface area contributed by atoms with Crippen LogP contribution in [0.2, 0.25) is 0 Å². The first-order chi connectivity index (χ1) is 18.8. The van der Waals surface area contributed by atoms with Gasteiger partial charge in [0.05, 0.1) is 0 Å². The quantitative estimate of drug-likeness (QED) is 0.200. The Morgan fingerprint density at radius 1 is 0.538 bits per heavy atom. The number of ketones is 2. The van der Waals surface area contributed by atoms with E-state index in [1.807, 2.05) is 60.7 Å². The second kappa shape index (κ2) is 12.4. The van der Waals surface area contributed by atoms with Gasteiger partial charge in [-0.1, -0.05) is 91.0 Å². The lowest BCUT2D eigenvalue weighted by molar-refractivity contribution is -0.132. The van der Waals surface area contributed by atoms with Crippen molar-refractivity contribution in [3.05, 3.63) is 143 Å². The molecule has 0 aromatic heterocycles. The van der Waals surface area contributed by atoms with Crippen LogP contribution in [-0.4, -0.2) is 33.7 Å². The van der Waals surface area contributed by atoms with Crippen LogP contribution in [0.3, 0.4) is 0 Å². The topological polar surface area (TPSA) is 109 Å². The number of hydrogen-bond donors (Lipinski definition) is 2. The van der Waals surface area contributed by atoms with E-state index in [0.29, 0.717) is 0 Å². The molecule has 4 rings (SSSR count). The monoisotopic (exact) mass is 518 g/mol. The Labute approximate surface area is 225 Å². The number of rotatable bonds is 11. The van der Waals surface area contributed by atoms with Crippen molar-refractivity contribution < 1.29 is 29.4 Å². The number of allylic oxidation sites excluding steroid dienone is 2. The smallest absolute Gasteiger partial charge is 0.328 e. The van der Waals surface area contributed by atoms with Crippen LogP contribution in [0.15, 0.2) is 115 Å². The number of carboxylic acid groups (broad SMARTS) is 2. The van der Waals surface area contributed by atoms with Crippen LogP contribution in [-0.2, 0) is 32.0 Å². The molecule has 0 bridgehead atoms. The number of benzene rings is 4. The highest BCUT2D eigenvalue weighted by Crippen LogP contribution is 2.34. The normalized spacial score (nSPS) is 11.4. The Morgan fingerprint density at radius 3 is 1.44 bits per heavy atom. The Morgan fingerprint density at radius 2 is 0.974 bits per heavy atom. The average molecular weight is 519 g/mol. The molecule has 0 fully saturated rings. The van der Waals surface area contributed by atoms with Gasteiger partial charge in [-0.2, -0.15) is 0 Å². The number of hydrogen-bond acceptors (Lipinski definition) is 4. The molecule has 39 heavy (non-hydrogen) atoms. The van der Waals surface area contributed by atoms with E-state index in [4.69, 9.17) is 10.2 Å². The zero-order valence-electron chi connectivity index (χ0n) is 21.0. The molecule has 4 aromatic carbocycles. The van der Waals surface area contributed by atoms with Gasteiger partial charge in [-0.05, 0) is 50.7 Å². The fourth-order valence-electron chi connectivity index (χ4n) is 4.47. The van der Waals surface area contributed by atoms with Gasteiger partial charge in [-0.15, -0.1) is 0 Å². The molecule has 0 aliphatic heterocycles. The highest BCUT2D eigenvalue weighted by Gasteiger charge is 2.18. The summed E-state index contributed by atoms with van der Waals surface area (Å²) in [6.07, 6.45) is 4.02. The molecule has 0 saturated carbocycles. The highest BCUT2D eigenvalue weighted by molar-refractivity contribution is 5.97. The van der Waals surface area contributed by atoms with Crippen molar-refractivity contribution in [1.82, 2.24) is 0 Å². The van der Waals surface area contributed by atoms with E-state index >= 15 is 0 Å². The van der Waals surface area contributed by atoms with E-state index in [1.54, 1.807) is 0 Å². The molecule has 0 saturated heterocycles.